The van der Waals surface area contributed by atoms with Gasteiger partial charge in [-0.05, 0) is 25.0 Å². The van der Waals surface area contributed by atoms with Crippen molar-refractivity contribution in [1.29, 1.82) is 0 Å². The third-order valence-electron chi connectivity index (χ3n) is 3.96. The number of rotatable bonds is 6. The molecule has 1 unspecified atom stereocenters. The van der Waals surface area contributed by atoms with Crippen LogP contribution in [0.2, 0.25) is 0 Å². The molecule has 20 heavy (non-hydrogen) atoms. The molecule has 1 heterocycles. The van der Waals surface area contributed by atoms with Crippen molar-refractivity contribution in [3.63, 3.8) is 0 Å². The van der Waals surface area contributed by atoms with Gasteiger partial charge < -0.3 is 9.84 Å². The van der Waals surface area contributed by atoms with E-state index in [4.69, 9.17) is 4.74 Å². The van der Waals surface area contributed by atoms with Crippen molar-refractivity contribution in [3.8, 4) is 5.69 Å². The minimum absolute atomic E-state index is 0.617. The number of hydrogen-bond acceptors (Lipinski definition) is 4. The van der Waals surface area contributed by atoms with Crippen LogP contribution in [0.1, 0.15) is 38.5 Å². The summed E-state index contributed by atoms with van der Waals surface area (Å²) in [6.45, 7) is 4.01. The molecule has 0 bridgehead atoms. The van der Waals surface area contributed by atoms with Crippen LogP contribution in [-0.4, -0.2) is 32.8 Å². The maximum absolute atomic E-state index is 10.7. The summed E-state index contributed by atoms with van der Waals surface area (Å²) in [4.78, 5) is 0. The summed E-state index contributed by atoms with van der Waals surface area (Å²) >= 11 is 0. The molecule has 1 aromatic carbocycles. The Balaban J connectivity index is 2.42. The SMILES string of the molecule is CCC(CC)(OC)C(O)c1cnnn1-c1ccccc1. The Labute approximate surface area is 119 Å². The van der Waals surface area contributed by atoms with Crippen molar-refractivity contribution in [2.45, 2.75) is 38.4 Å². The van der Waals surface area contributed by atoms with Crippen LogP contribution in [0.4, 0.5) is 0 Å². The van der Waals surface area contributed by atoms with E-state index in [1.165, 1.54) is 0 Å². The van der Waals surface area contributed by atoms with E-state index >= 15 is 0 Å². The van der Waals surface area contributed by atoms with Crippen molar-refractivity contribution in [2.24, 2.45) is 0 Å². The number of para-hydroxylation sites is 1. The Hall–Kier alpha value is -1.72. The van der Waals surface area contributed by atoms with E-state index in [0.29, 0.717) is 18.5 Å². The van der Waals surface area contributed by atoms with E-state index in [1.54, 1.807) is 18.0 Å². The maximum atomic E-state index is 10.7. The van der Waals surface area contributed by atoms with E-state index in [0.717, 1.165) is 5.69 Å². The molecule has 0 aliphatic carbocycles. The second kappa shape index (κ2) is 6.15. The lowest BCUT2D eigenvalue weighted by molar-refractivity contribution is -0.112. The van der Waals surface area contributed by atoms with Gasteiger partial charge in [0.2, 0.25) is 0 Å². The zero-order valence-electron chi connectivity index (χ0n) is 12.2. The highest BCUT2D eigenvalue weighted by molar-refractivity contribution is 5.32. The first-order chi connectivity index (χ1) is 9.68. The Morgan fingerprint density at radius 3 is 2.45 bits per heavy atom. The topological polar surface area (TPSA) is 60.2 Å². The van der Waals surface area contributed by atoms with E-state index in [9.17, 15) is 5.11 Å². The molecular formula is C15H21N3O2. The van der Waals surface area contributed by atoms with Gasteiger partial charge >= 0.3 is 0 Å². The lowest BCUT2D eigenvalue weighted by Crippen LogP contribution is -2.38. The zero-order chi connectivity index (χ0) is 14.6. The third-order valence-corrected chi connectivity index (χ3v) is 3.96. The van der Waals surface area contributed by atoms with Gasteiger partial charge in [-0.1, -0.05) is 37.3 Å². The van der Waals surface area contributed by atoms with Crippen LogP contribution in [-0.2, 0) is 4.74 Å². The van der Waals surface area contributed by atoms with Crippen LogP contribution in [0.25, 0.3) is 5.69 Å². The summed E-state index contributed by atoms with van der Waals surface area (Å²) in [5.41, 5.74) is 0.895. The summed E-state index contributed by atoms with van der Waals surface area (Å²) < 4.78 is 7.25. The van der Waals surface area contributed by atoms with Crippen molar-refractivity contribution >= 4 is 0 Å². The fourth-order valence-corrected chi connectivity index (χ4v) is 2.51. The molecule has 0 radical (unpaired) electrons. The molecule has 5 heteroatoms. The molecule has 0 saturated heterocycles. The van der Waals surface area contributed by atoms with Gasteiger partial charge in [0, 0.05) is 7.11 Å². The predicted molar refractivity (Wildman–Crippen MR) is 76.6 cm³/mol. The van der Waals surface area contributed by atoms with Crippen LogP contribution in [0.3, 0.4) is 0 Å². The van der Waals surface area contributed by atoms with Crippen LogP contribution in [0, 0.1) is 0 Å². The van der Waals surface area contributed by atoms with Crippen LogP contribution >= 0.6 is 0 Å². The molecular weight excluding hydrogens is 254 g/mol. The molecule has 0 amide bonds. The highest BCUT2D eigenvalue weighted by atomic mass is 16.5. The average molecular weight is 275 g/mol. The van der Waals surface area contributed by atoms with Gasteiger partial charge in [0.15, 0.2) is 0 Å². The molecule has 1 atom stereocenters. The first kappa shape index (κ1) is 14.7. The number of hydrogen-bond donors (Lipinski definition) is 1. The smallest absolute Gasteiger partial charge is 0.127 e. The monoisotopic (exact) mass is 275 g/mol. The Bertz CT molecular complexity index is 527. The molecule has 0 aliphatic rings. The zero-order valence-corrected chi connectivity index (χ0v) is 12.2. The van der Waals surface area contributed by atoms with Gasteiger partial charge in [-0.3, -0.25) is 0 Å². The lowest BCUT2D eigenvalue weighted by Gasteiger charge is -2.35. The number of aromatic nitrogens is 3. The van der Waals surface area contributed by atoms with E-state index in [-0.39, 0.29) is 0 Å². The first-order valence-electron chi connectivity index (χ1n) is 6.87. The Morgan fingerprint density at radius 2 is 1.90 bits per heavy atom. The van der Waals surface area contributed by atoms with Crippen LogP contribution in [0.5, 0.6) is 0 Å². The molecule has 2 aromatic rings. The largest absolute Gasteiger partial charge is 0.384 e. The molecule has 0 saturated carbocycles. The summed E-state index contributed by atoms with van der Waals surface area (Å²) in [5.74, 6) is 0. The molecule has 0 fully saturated rings. The number of aliphatic hydroxyl groups excluding tert-OH is 1. The summed E-state index contributed by atoms with van der Waals surface area (Å²) in [6.07, 6.45) is 2.23. The highest BCUT2D eigenvalue weighted by Gasteiger charge is 2.38. The Kier molecular flexibility index (Phi) is 4.52. The molecule has 0 spiro atoms. The maximum Gasteiger partial charge on any atom is 0.127 e. The quantitative estimate of drug-likeness (QED) is 0.880. The second-order valence-corrected chi connectivity index (χ2v) is 4.78. The molecule has 108 valence electrons. The van der Waals surface area contributed by atoms with Gasteiger partial charge in [-0.2, -0.15) is 0 Å². The fraction of sp³-hybridized carbons (Fsp3) is 0.467. The average Bonchev–Trinajstić information content (AvgIpc) is 2.99. The summed E-state index contributed by atoms with van der Waals surface area (Å²) in [6, 6.07) is 9.65. The number of benzene rings is 1. The van der Waals surface area contributed by atoms with Crippen LogP contribution in [0.15, 0.2) is 36.5 Å². The fourth-order valence-electron chi connectivity index (χ4n) is 2.51. The molecule has 0 aliphatic heterocycles. The van der Waals surface area contributed by atoms with E-state index in [2.05, 4.69) is 10.3 Å². The third kappa shape index (κ3) is 2.46. The normalized spacial score (nSPS) is 13.4. The molecule has 5 nitrogen and oxygen atoms in total. The lowest BCUT2D eigenvalue weighted by atomic mass is 9.88. The van der Waals surface area contributed by atoms with E-state index in [1.807, 2.05) is 44.2 Å². The first-order valence-corrected chi connectivity index (χ1v) is 6.87. The number of ether oxygens (including phenoxy) is 1. The summed E-state index contributed by atoms with van der Waals surface area (Å²) in [7, 11) is 1.63. The van der Waals surface area contributed by atoms with Gasteiger partial charge in [-0.15, -0.1) is 5.10 Å². The standard InChI is InChI=1S/C15H21N3O2/c1-4-15(5-2,20-3)14(19)13-11-16-17-18(13)12-9-7-6-8-10-12/h6-11,14,19H,4-5H2,1-3H3. The van der Waals surface area contributed by atoms with E-state index < -0.39 is 11.7 Å². The van der Waals surface area contributed by atoms with Crippen molar-refractivity contribution in [2.75, 3.05) is 7.11 Å². The number of methoxy groups -OCH3 is 1. The van der Waals surface area contributed by atoms with Gasteiger partial charge in [0.25, 0.3) is 0 Å². The molecule has 1 aromatic heterocycles. The van der Waals surface area contributed by atoms with Crippen LogP contribution < -0.4 is 0 Å². The van der Waals surface area contributed by atoms with Crippen molar-refractivity contribution in [1.82, 2.24) is 15.0 Å². The number of nitrogens with zero attached hydrogens (tertiary/aromatic N) is 3. The number of aliphatic hydroxyl groups is 1. The minimum Gasteiger partial charge on any atom is -0.384 e. The van der Waals surface area contributed by atoms with Gasteiger partial charge in [0.1, 0.15) is 6.10 Å². The van der Waals surface area contributed by atoms with Gasteiger partial charge in [-0.25, -0.2) is 4.68 Å². The minimum atomic E-state index is -0.780. The van der Waals surface area contributed by atoms with Crippen molar-refractivity contribution in [3.05, 3.63) is 42.2 Å². The highest BCUT2D eigenvalue weighted by Crippen LogP contribution is 2.35. The second-order valence-electron chi connectivity index (χ2n) is 4.78. The molecule has 1 N–H and O–H groups in total. The Morgan fingerprint density at radius 1 is 1.25 bits per heavy atom. The van der Waals surface area contributed by atoms with Crippen molar-refractivity contribution < 1.29 is 9.84 Å². The van der Waals surface area contributed by atoms with Gasteiger partial charge in [0.05, 0.1) is 23.2 Å². The predicted octanol–water partition coefficient (Wildman–Crippen LogP) is 2.51. The molecule has 2 rings (SSSR count). The summed E-state index contributed by atoms with van der Waals surface area (Å²) in [5, 5.41) is 18.7.